The molecule has 2 N–H and O–H groups in total. The maximum Gasteiger partial charge on any atom is 0.410 e. The summed E-state index contributed by atoms with van der Waals surface area (Å²) in [6.45, 7) is 6.86. The number of aliphatic hydroxyl groups is 1. The van der Waals surface area contributed by atoms with Gasteiger partial charge in [-0.1, -0.05) is 11.6 Å². The Kier molecular flexibility index (Phi) is 3.97. The monoisotopic (exact) mass is 377 g/mol. The number of hydrogen-bond acceptors (Lipinski definition) is 4. The number of nitrogens with one attached hydrogen (secondary N) is 1. The van der Waals surface area contributed by atoms with Crippen molar-refractivity contribution in [1.29, 1.82) is 0 Å². The molecule has 0 spiro atoms. The van der Waals surface area contributed by atoms with Crippen LogP contribution in [0.2, 0.25) is 5.02 Å². The molecule has 2 atom stereocenters. The van der Waals surface area contributed by atoms with Crippen molar-refractivity contribution >= 4 is 28.6 Å². The van der Waals surface area contributed by atoms with Gasteiger partial charge in [0, 0.05) is 23.5 Å². The van der Waals surface area contributed by atoms with Gasteiger partial charge in [0.2, 0.25) is 0 Å². The first-order valence-electron chi connectivity index (χ1n) is 8.98. The molecule has 6 nitrogen and oxygen atoms in total. The highest BCUT2D eigenvalue weighted by atomic mass is 35.5. The zero-order valence-corrected chi connectivity index (χ0v) is 16.0. The molecule has 2 heterocycles. The lowest BCUT2D eigenvalue weighted by Gasteiger charge is -2.28. The first-order valence-corrected chi connectivity index (χ1v) is 9.36. The second-order valence-electron chi connectivity index (χ2n) is 8.63. The number of hydrogen-bond donors (Lipinski definition) is 2. The predicted octanol–water partition coefficient (Wildman–Crippen LogP) is 3.68. The first-order chi connectivity index (χ1) is 12.1. The molecule has 1 saturated heterocycles. The van der Waals surface area contributed by atoms with Crippen LogP contribution in [0, 0.1) is 11.8 Å². The topological polar surface area (TPSA) is 78.5 Å². The van der Waals surface area contributed by atoms with E-state index in [1.165, 1.54) is 0 Å². The summed E-state index contributed by atoms with van der Waals surface area (Å²) in [5.74, 6) is 0.516. The number of carbonyl (C=O) groups is 1. The summed E-state index contributed by atoms with van der Waals surface area (Å²) in [6.07, 6.45) is 2.69. The Balaban J connectivity index is 1.53. The largest absolute Gasteiger partial charge is 0.444 e. The van der Waals surface area contributed by atoms with Crippen LogP contribution in [0.15, 0.2) is 18.3 Å². The summed E-state index contributed by atoms with van der Waals surface area (Å²) in [7, 11) is 0. The minimum atomic E-state index is -0.942. The average Bonchev–Trinajstić information content (AvgIpc) is 3.17. The van der Waals surface area contributed by atoms with Crippen LogP contribution in [-0.4, -0.2) is 45.0 Å². The minimum absolute atomic E-state index is 0.258. The van der Waals surface area contributed by atoms with Crippen molar-refractivity contribution in [2.45, 2.75) is 44.8 Å². The van der Waals surface area contributed by atoms with E-state index in [1.807, 2.05) is 32.9 Å². The first kappa shape index (κ1) is 17.6. The highest BCUT2D eigenvalue weighted by molar-refractivity contribution is 6.31. The fraction of sp³-hybridized carbons (Fsp3) is 0.579. The number of nitrogens with zero attached hydrogens (tertiary/aromatic N) is 2. The van der Waals surface area contributed by atoms with Gasteiger partial charge in [-0.3, -0.25) is 5.10 Å². The summed E-state index contributed by atoms with van der Waals surface area (Å²) < 4.78 is 5.48. The number of carbonyl (C=O) groups excluding carboxylic acids is 1. The summed E-state index contributed by atoms with van der Waals surface area (Å²) in [5.41, 5.74) is 0.214. The maximum atomic E-state index is 12.3. The van der Waals surface area contributed by atoms with Crippen molar-refractivity contribution in [3.8, 4) is 0 Å². The van der Waals surface area contributed by atoms with Crippen LogP contribution in [-0.2, 0) is 10.3 Å². The molecule has 2 fully saturated rings. The van der Waals surface area contributed by atoms with Crippen LogP contribution in [0.5, 0.6) is 0 Å². The smallest absolute Gasteiger partial charge is 0.410 e. The second-order valence-corrected chi connectivity index (χ2v) is 9.07. The van der Waals surface area contributed by atoms with Crippen LogP contribution < -0.4 is 0 Å². The van der Waals surface area contributed by atoms with Gasteiger partial charge in [-0.25, -0.2) is 4.79 Å². The number of amides is 1. The molecule has 4 rings (SSSR count). The zero-order valence-electron chi connectivity index (χ0n) is 15.3. The number of likely N-dealkylation sites (tertiary alicyclic amines) is 1. The van der Waals surface area contributed by atoms with Crippen LogP contribution in [0.4, 0.5) is 4.79 Å². The third kappa shape index (κ3) is 3.05. The van der Waals surface area contributed by atoms with E-state index in [0.29, 0.717) is 31.0 Å². The molecule has 1 aromatic heterocycles. The lowest BCUT2D eigenvalue weighted by Crippen LogP contribution is -2.37. The van der Waals surface area contributed by atoms with Gasteiger partial charge in [0.1, 0.15) is 5.60 Å². The molecule has 26 heavy (non-hydrogen) atoms. The molecule has 140 valence electrons. The Morgan fingerprint density at radius 3 is 2.62 bits per heavy atom. The number of ether oxygens (including phenoxy) is 1. The zero-order chi connectivity index (χ0) is 18.7. The van der Waals surface area contributed by atoms with Gasteiger partial charge in [-0.15, -0.1) is 0 Å². The predicted molar refractivity (Wildman–Crippen MR) is 99.0 cm³/mol. The molecule has 2 aliphatic rings. The summed E-state index contributed by atoms with van der Waals surface area (Å²) >= 11 is 6.24. The van der Waals surface area contributed by atoms with Gasteiger partial charge < -0.3 is 14.7 Å². The average molecular weight is 378 g/mol. The summed E-state index contributed by atoms with van der Waals surface area (Å²) in [6, 6.07) is 3.66. The van der Waals surface area contributed by atoms with E-state index >= 15 is 0 Å². The SMILES string of the molecule is CC(C)(C)OC(=O)N1C[C@H]2CC(O)(c3cc(Cl)cc4[nH]ncc34)C[C@@H]2C1. The van der Waals surface area contributed by atoms with E-state index in [4.69, 9.17) is 16.3 Å². The summed E-state index contributed by atoms with van der Waals surface area (Å²) in [4.78, 5) is 14.1. The fourth-order valence-electron chi connectivity index (χ4n) is 4.45. The number of H-pyrrole nitrogens is 1. The Morgan fingerprint density at radius 1 is 1.35 bits per heavy atom. The van der Waals surface area contributed by atoms with E-state index in [-0.39, 0.29) is 17.9 Å². The van der Waals surface area contributed by atoms with Gasteiger partial charge in [0.15, 0.2) is 0 Å². The van der Waals surface area contributed by atoms with E-state index in [1.54, 1.807) is 11.1 Å². The number of fused-ring (bicyclic) bond motifs is 2. The molecule has 1 aliphatic carbocycles. The van der Waals surface area contributed by atoms with Gasteiger partial charge in [-0.2, -0.15) is 5.10 Å². The highest BCUT2D eigenvalue weighted by Gasteiger charge is 2.51. The molecule has 0 bridgehead atoms. The summed E-state index contributed by atoms with van der Waals surface area (Å²) in [5, 5.41) is 19.9. The van der Waals surface area contributed by atoms with Crippen molar-refractivity contribution in [3.63, 3.8) is 0 Å². The lowest BCUT2D eigenvalue weighted by molar-refractivity contribution is 0.0161. The molecule has 1 amide bonds. The van der Waals surface area contributed by atoms with E-state index in [9.17, 15) is 9.90 Å². The number of aromatic nitrogens is 2. The van der Waals surface area contributed by atoms with E-state index < -0.39 is 11.2 Å². The molecule has 0 unspecified atom stereocenters. The molecule has 0 radical (unpaired) electrons. The Morgan fingerprint density at radius 2 is 2.00 bits per heavy atom. The quantitative estimate of drug-likeness (QED) is 0.794. The molecule has 1 aromatic carbocycles. The number of aromatic amines is 1. The Bertz CT molecular complexity index is 843. The molecule has 2 aromatic rings. The van der Waals surface area contributed by atoms with Crippen molar-refractivity contribution < 1.29 is 14.6 Å². The maximum absolute atomic E-state index is 12.3. The van der Waals surface area contributed by atoms with E-state index in [2.05, 4.69) is 10.2 Å². The highest BCUT2D eigenvalue weighted by Crippen LogP contribution is 2.50. The van der Waals surface area contributed by atoms with E-state index in [0.717, 1.165) is 16.5 Å². The Labute approximate surface area is 157 Å². The van der Waals surface area contributed by atoms with Gasteiger partial charge in [-0.05, 0) is 63.1 Å². The van der Waals surface area contributed by atoms with Crippen molar-refractivity contribution in [2.24, 2.45) is 11.8 Å². The van der Waals surface area contributed by atoms with Gasteiger partial charge in [0.05, 0.1) is 17.3 Å². The standard InChI is InChI=1S/C19H24ClN3O3/c1-18(2,3)26-17(24)23-9-11-6-19(25,7-12(11)10-23)15-4-13(20)5-16-14(15)8-21-22-16/h4-5,8,11-12,25H,6-7,9-10H2,1-3H3,(H,21,22)/t11-,12-/m1/s1. The normalized spacial score (nSPS) is 24.9. The number of benzene rings is 1. The molecular formula is C19H24ClN3O3. The van der Waals surface area contributed by atoms with Gasteiger partial charge >= 0.3 is 6.09 Å². The molecule has 1 aliphatic heterocycles. The molecule has 7 heteroatoms. The van der Waals surface area contributed by atoms with Crippen LogP contribution in [0.25, 0.3) is 10.9 Å². The van der Waals surface area contributed by atoms with Crippen LogP contribution >= 0.6 is 11.6 Å². The third-order valence-electron chi connectivity index (χ3n) is 5.45. The number of halogens is 1. The lowest BCUT2D eigenvalue weighted by atomic mass is 9.88. The molecular weight excluding hydrogens is 354 g/mol. The Hall–Kier alpha value is -1.79. The van der Waals surface area contributed by atoms with Crippen LogP contribution in [0.1, 0.15) is 39.2 Å². The molecule has 1 saturated carbocycles. The fourth-order valence-corrected chi connectivity index (χ4v) is 4.67. The van der Waals surface area contributed by atoms with Crippen LogP contribution in [0.3, 0.4) is 0 Å². The number of rotatable bonds is 1. The third-order valence-corrected chi connectivity index (χ3v) is 5.67. The van der Waals surface area contributed by atoms with Gasteiger partial charge in [0.25, 0.3) is 0 Å². The van der Waals surface area contributed by atoms with Crippen molar-refractivity contribution in [3.05, 3.63) is 28.9 Å². The second kappa shape index (κ2) is 5.86. The van der Waals surface area contributed by atoms with Crippen molar-refractivity contribution in [2.75, 3.05) is 13.1 Å². The minimum Gasteiger partial charge on any atom is -0.444 e. The van der Waals surface area contributed by atoms with Crippen molar-refractivity contribution in [1.82, 2.24) is 15.1 Å².